The van der Waals surface area contributed by atoms with Crippen LogP contribution in [-0.4, -0.2) is 21.4 Å². The van der Waals surface area contributed by atoms with Crippen LogP contribution in [0.5, 0.6) is 0 Å². The number of rotatable bonds is 4. The van der Waals surface area contributed by atoms with Gasteiger partial charge in [0.2, 0.25) is 0 Å². The van der Waals surface area contributed by atoms with E-state index in [0.29, 0.717) is 5.56 Å². The van der Waals surface area contributed by atoms with Crippen LogP contribution in [0.2, 0.25) is 0 Å². The topological polar surface area (TPSA) is 113 Å². The summed E-state index contributed by atoms with van der Waals surface area (Å²) in [5.41, 5.74) is 4.73. The lowest BCUT2D eigenvalue weighted by Gasteiger charge is -2.08. The molecule has 0 atom stereocenters. The second-order valence-electron chi connectivity index (χ2n) is 4.79. The highest BCUT2D eigenvalue weighted by atomic mass is 16.2. The number of H-pyrrole nitrogens is 1. The summed E-state index contributed by atoms with van der Waals surface area (Å²) in [6.45, 7) is 1.68. The molecule has 2 aromatic rings. The van der Waals surface area contributed by atoms with E-state index in [1.54, 1.807) is 12.1 Å². The average Bonchev–Trinajstić information content (AvgIpc) is 2.55. The third-order valence-electron chi connectivity index (χ3n) is 3.15. The van der Waals surface area contributed by atoms with Gasteiger partial charge in [0.1, 0.15) is 6.54 Å². The van der Waals surface area contributed by atoms with Crippen LogP contribution >= 0.6 is 0 Å². The molecule has 1 aromatic heterocycles. The van der Waals surface area contributed by atoms with E-state index in [4.69, 9.17) is 0 Å². The lowest BCUT2D eigenvalue weighted by Crippen LogP contribution is -2.44. The van der Waals surface area contributed by atoms with Crippen molar-refractivity contribution in [1.29, 1.82) is 0 Å². The SMILES string of the molecule is CCc1ccc(C(=O)NNC(=O)Cn2ccc(=O)[nH]c2=O)cc1. The van der Waals surface area contributed by atoms with Crippen molar-refractivity contribution >= 4 is 11.8 Å². The fourth-order valence-electron chi connectivity index (χ4n) is 1.85. The van der Waals surface area contributed by atoms with Gasteiger partial charge >= 0.3 is 5.69 Å². The van der Waals surface area contributed by atoms with Gasteiger partial charge in [-0.25, -0.2) is 4.79 Å². The molecule has 8 heteroatoms. The molecule has 8 nitrogen and oxygen atoms in total. The molecule has 1 heterocycles. The quantitative estimate of drug-likeness (QED) is 0.664. The molecular formula is C15H16N4O4. The molecule has 23 heavy (non-hydrogen) atoms. The Hall–Kier alpha value is -3.16. The summed E-state index contributed by atoms with van der Waals surface area (Å²) >= 11 is 0. The van der Waals surface area contributed by atoms with Crippen molar-refractivity contribution in [1.82, 2.24) is 20.4 Å². The fourth-order valence-corrected chi connectivity index (χ4v) is 1.85. The second kappa shape index (κ2) is 7.21. The van der Waals surface area contributed by atoms with Crippen molar-refractivity contribution in [3.05, 3.63) is 68.5 Å². The van der Waals surface area contributed by atoms with Crippen LogP contribution in [0.25, 0.3) is 0 Å². The second-order valence-corrected chi connectivity index (χ2v) is 4.79. The lowest BCUT2D eigenvalue weighted by atomic mass is 10.1. The fraction of sp³-hybridized carbons (Fsp3) is 0.200. The molecule has 0 unspecified atom stereocenters. The number of nitrogens with zero attached hydrogens (tertiary/aromatic N) is 1. The number of aryl methyl sites for hydroxylation is 1. The first kappa shape index (κ1) is 16.2. The number of amides is 2. The summed E-state index contributed by atoms with van der Waals surface area (Å²) in [5, 5.41) is 0. The molecule has 3 N–H and O–H groups in total. The number of nitrogens with one attached hydrogen (secondary N) is 3. The van der Waals surface area contributed by atoms with E-state index in [0.717, 1.165) is 22.6 Å². The summed E-state index contributed by atoms with van der Waals surface area (Å²) < 4.78 is 1.01. The Labute approximate surface area is 131 Å². The van der Waals surface area contributed by atoms with Crippen LogP contribution in [0, 0.1) is 0 Å². The average molecular weight is 316 g/mol. The summed E-state index contributed by atoms with van der Waals surface area (Å²) in [7, 11) is 0. The van der Waals surface area contributed by atoms with Crippen LogP contribution in [0.15, 0.2) is 46.1 Å². The maximum atomic E-state index is 11.9. The summed E-state index contributed by atoms with van der Waals surface area (Å²) in [5.74, 6) is -1.06. The molecule has 0 saturated carbocycles. The van der Waals surface area contributed by atoms with Crippen molar-refractivity contribution in [2.24, 2.45) is 0 Å². The van der Waals surface area contributed by atoms with Crippen LogP contribution in [0.3, 0.4) is 0 Å². The van der Waals surface area contributed by atoms with Crippen LogP contribution in [0.1, 0.15) is 22.8 Å². The van der Waals surface area contributed by atoms with Gasteiger partial charge in [-0.15, -0.1) is 0 Å². The lowest BCUT2D eigenvalue weighted by molar-refractivity contribution is -0.122. The number of carbonyl (C=O) groups is 2. The Balaban J connectivity index is 1.91. The van der Waals surface area contributed by atoms with Gasteiger partial charge in [0.15, 0.2) is 0 Å². The van der Waals surface area contributed by atoms with Crippen molar-refractivity contribution in [2.45, 2.75) is 19.9 Å². The molecular weight excluding hydrogens is 300 g/mol. The molecule has 0 radical (unpaired) electrons. The molecule has 1 aromatic carbocycles. The molecule has 2 amide bonds. The Kier molecular flexibility index (Phi) is 5.08. The van der Waals surface area contributed by atoms with Crippen LogP contribution < -0.4 is 22.1 Å². The van der Waals surface area contributed by atoms with E-state index < -0.39 is 23.1 Å². The smallest absolute Gasteiger partial charge is 0.291 e. The highest BCUT2D eigenvalue weighted by molar-refractivity contribution is 5.95. The number of aromatic amines is 1. The minimum Gasteiger partial charge on any atom is -0.291 e. The standard InChI is InChI=1S/C15H16N4O4/c1-2-10-3-5-11(6-4-10)14(22)18-17-13(21)9-19-8-7-12(20)16-15(19)23/h3-8H,2,9H2,1H3,(H,17,21)(H,18,22)(H,16,20,23). The number of aromatic nitrogens is 2. The maximum Gasteiger partial charge on any atom is 0.328 e. The Bertz CT molecular complexity index is 820. The zero-order valence-electron chi connectivity index (χ0n) is 12.5. The van der Waals surface area contributed by atoms with Crippen molar-refractivity contribution < 1.29 is 9.59 Å². The molecule has 0 bridgehead atoms. The summed E-state index contributed by atoms with van der Waals surface area (Å²) in [6.07, 6.45) is 2.07. The van der Waals surface area contributed by atoms with Gasteiger partial charge in [-0.3, -0.25) is 34.8 Å². The molecule has 0 aliphatic rings. The Morgan fingerprint density at radius 2 is 1.78 bits per heavy atom. The molecule has 0 spiro atoms. The van der Waals surface area contributed by atoms with Gasteiger partial charge in [-0.1, -0.05) is 19.1 Å². The van der Waals surface area contributed by atoms with E-state index in [1.807, 2.05) is 24.0 Å². The first-order valence-corrected chi connectivity index (χ1v) is 6.97. The molecule has 0 aliphatic carbocycles. The largest absolute Gasteiger partial charge is 0.328 e. The van der Waals surface area contributed by atoms with Gasteiger partial charge in [0.05, 0.1) is 0 Å². The van der Waals surface area contributed by atoms with E-state index in [2.05, 4.69) is 10.9 Å². The van der Waals surface area contributed by atoms with Crippen molar-refractivity contribution in [3.8, 4) is 0 Å². The molecule has 0 saturated heterocycles. The number of benzene rings is 1. The van der Waals surface area contributed by atoms with E-state index >= 15 is 0 Å². The van der Waals surface area contributed by atoms with Gasteiger partial charge in [0, 0.05) is 17.8 Å². The number of hydrogen-bond acceptors (Lipinski definition) is 4. The van der Waals surface area contributed by atoms with E-state index in [9.17, 15) is 19.2 Å². The molecule has 0 aliphatic heterocycles. The monoisotopic (exact) mass is 316 g/mol. The van der Waals surface area contributed by atoms with Gasteiger partial charge in [0.25, 0.3) is 17.4 Å². The predicted molar refractivity (Wildman–Crippen MR) is 82.8 cm³/mol. The highest BCUT2D eigenvalue weighted by Gasteiger charge is 2.08. The Morgan fingerprint density at radius 1 is 1.09 bits per heavy atom. The predicted octanol–water partition coefficient (Wildman–Crippen LogP) is -0.440. The van der Waals surface area contributed by atoms with Gasteiger partial charge in [-0.2, -0.15) is 0 Å². The van der Waals surface area contributed by atoms with E-state index in [-0.39, 0.29) is 6.54 Å². The van der Waals surface area contributed by atoms with Gasteiger partial charge < -0.3 is 0 Å². The highest BCUT2D eigenvalue weighted by Crippen LogP contribution is 2.04. The minimum atomic E-state index is -0.700. The molecule has 2 rings (SSSR count). The van der Waals surface area contributed by atoms with Crippen LogP contribution in [-0.2, 0) is 17.8 Å². The number of hydrogen-bond donors (Lipinski definition) is 3. The number of hydrazine groups is 1. The van der Waals surface area contributed by atoms with Crippen molar-refractivity contribution in [2.75, 3.05) is 0 Å². The van der Waals surface area contributed by atoms with Gasteiger partial charge in [-0.05, 0) is 24.1 Å². The van der Waals surface area contributed by atoms with E-state index in [1.165, 1.54) is 6.20 Å². The summed E-state index contributed by atoms with van der Waals surface area (Å²) in [6, 6.07) is 8.11. The minimum absolute atomic E-state index is 0.329. The Morgan fingerprint density at radius 3 is 2.39 bits per heavy atom. The molecule has 0 fully saturated rings. The van der Waals surface area contributed by atoms with Crippen LogP contribution in [0.4, 0.5) is 0 Å². The molecule has 120 valence electrons. The normalized spacial score (nSPS) is 10.1. The maximum absolute atomic E-state index is 11.9. The summed E-state index contributed by atoms with van der Waals surface area (Å²) in [4.78, 5) is 48.0. The third-order valence-corrected chi connectivity index (χ3v) is 3.15. The zero-order chi connectivity index (χ0) is 16.8. The third kappa shape index (κ3) is 4.40. The van der Waals surface area contributed by atoms with Crippen molar-refractivity contribution in [3.63, 3.8) is 0 Å². The first-order valence-electron chi connectivity index (χ1n) is 6.97. The number of carbonyl (C=O) groups excluding carboxylic acids is 2. The zero-order valence-corrected chi connectivity index (χ0v) is 12.5. The first-order chi connectivity index (χ1) is 11.0.